The molecule has 1 atom stereocenters. The lowest BCUT2D eigenvalue weighted by molar-refractivity contribution is 0.237. The number of carbonyl (C=O) groups is 1. The van der Waals surface area contributed by atoms with Crippen molar-refractivity contribution in [3.63, 3.8) is 0 Å². The summed E-state index contributed by atoms with van der Waals surface area (Å²) in [4.78, 5) is 11.9. The smallest absolute Gasteiger partial charge is 0.315 e. The van der Waals surface area contributed by atoms with Crippen LogP contribution in [0.25, 0.3) is 0 Å². The predicted octanol–water partition coefficient (Wildman–Crippen LogP) is 2.72. The molecule has 0 aliphatic carbocycles. The van der Waals surface area contributed by atoms with Crippen LogP contribution in [-0.2, 0) is 13.5 Å². The molecule has 0 fully saturated rings. The third-order valence-electron chi connectivity index (χ3n) is 3.10. The highest BCUT2D eigenvalue weighted by Crippen LogP contribution is 2.19. The average molecular weight is 342 g/mol. The van der Waals surface area contributed by atoms with Crippen LogP contribution in [0.2, 0.25) is 10.0 Å². The first-order valence-corrected chi connectivity index (χ1v) is 7.54. The summed E-state index contributed by atoms with van der Waals surface area (Å²) in [7, 11) is 1.83. The second kappa shape index (κ2) is 7.47. The van der Waals surface area contributed by atoms with Crippen molar-refractivity contribution in [2.75, 3.05) is 6.54 Å². The number of amides is 2. The lowest BCUT2D eigenvalue weighted by Gasteiger charge is -2.13. The van der Waals surface area contributed by atoms with E-state index in [9.17, 15) is 4.79 Å². The first kappa shape index (κ1) is 16.6. The topological polar surface area (TPSA) is 71.8 Å². The minimum atomic E-state index is -0.261. The summed E-state index contributed by atoms with van der Waals surface area (Å²) in [5, 5.41) is 14.5. The Hall–Kier alpha value is -1.79. The van der Waals surface area contributed by atoms with Crippen LogP contribution in [0.4, 0.5) is 4.79 Å². The SMILES string of the molecule is C[C@H](NC(=O)NCCc1cc(Cl)cc(Cl)c1)c1nncn1C. The molecule has 1 heterocycles. The van der Waals surface area contributed by atoms with Gasteiger partial charge in [-0.2, -0.15) is 0 Å². The van der Waals surface area contributed by atoms with Crippen molar-refractivity contribution in [3.8, 4) is 0 Å². The maximum atomic E-state index is 11.9. The van der Waals surface area contributed by atoms with Crippen LogP contribution in [-0.4, -0.2) is 27.3 Å². The van der Waals surface area contributed by atoms with Crippen molar-refractivity contribution in [1.82, 2.24) is 25.4 Å². The van der Waals surface area contributed by atoms with Gasteiger partial charge in [-0.25, -0.2) is 4.79 Å². The van der Waals surface area contributed by atoms with E-state index in [1.54, 1.807) is 17.0 Å². The molecule has 22 heavy (non-hydrogen) atoms. The van der Waals surface area contributed by atoms with Gasteiger partial charge in [0.15, 0.2) is 5.82 Å². The molecule has 1 aromatic heterocycles. The van der Waals surface area contributed by atoms with E-state index in [4.69, 9.17) is 23.2 Å². The molecule has 0 aliphatic rings. The number of aromatic nitrogens is 3. The van der Waals surface area contributed by atoms with Crippen molar-refractivity contribution < 1.29 is 4.79 Å². The normalized spacial score (nSPS) is 12.0. The van der Waals surface area contributed by atoms with Crippen LogP contribution >= 0.6 is 23.2 Å². The number of hydrogen-bond acceptors (Lipinski definition) is 3. The lowest BCUT2D eigenvalue weighted by atomic mass is 10.1. The molecule has 0 bridgehead atoms. The van der Waals surface area contributed by atoms with Crippen LogP contribution in [0.5, 0.6) is 0 Å². The Morgan fingerprint density at radius 2 is 2.00 bits per heavy atom. The van der Waals surface area contributed by atoms with E-state index in [2.05, 4.69) is 20.8 Å². The average Bonchev–Trinajstić information content (AvgIpc) is 2.83. The highest BCUT2D eigenvalue weighted by atomic mass is 35.5. The highest BCUT2D eigenvalue weighted by molar-refractivity contribution is 6.34. The molecule has 0 spiro atoms. The zero-order valence-electron chi connectivity index (χ0n) is 12.3. The van der Waals surface area contributed by atoms with Gasteiger partial charge in [-0.1, -0.05) is 23.2 Å². The van der Waals surface area contributed by atoms with Gasteiger partial charge in [0.25, 0.3) is 0 Å². The molecule has 8 heteroatoms. The minimum Gasteiger partial charge on any atom is -0.338 e. The van der Waals surface area contributed by atoms with Gasteiger partial charge < -0.3 is 15.2 Å². The summed E-state index contributed by atoms with van der Waals surface area (Å²) in [5.74, 6) is 0.691. The van der Waals surface area contributed by atoms with E-state index < -0.39 is 0 Å². The number of nitrogens with zero attached hydrogens (tertiary/aromatic N) is 3. The molecule has 0 unspecified atom stereocenters. The fourth-order valence-corrected chi connectivity index (χ4v) is 2.64. The fraction of sp³-hybridized carbons (Fsp3) is 0.357. The molecule has 0 saturated carbocycles. The van der Waals surface area contributed by atoms with Crippen LogP contribution in [0.1, 0.15) is 24.4 Å². The van der Waals surface area contributed by atoms with Crippen molar-refractivity contribution >= 4 is 29.2 Å². The van der Waals surface area contributed by atoms with Crippen molar-refractivity contribution in [1.29, 1.82) is 0 Å². The number of rotatable bonds is 5. The van der Waals surface area contributed by atoms with E-state index >= 15 is 0 Å². The molecule has 0 aliphatic heterocycles. The molecular weight excluding hydrogens is 325 g/mol. The Balaban J connectivity index is 1.79. The number of carbonyl (C=O) groups excluding carboxylic acids is 1. The van der Waals surface area contributed by atoms with Gasteiger partial charge in [0, 0.05) is 23.6 Å². The monoisotopic (exact) mass is 341 g/mol. The largest absolute Gasteiger partial charge is 0.338 e. The summed E-state index contributed by atoms with van der Waals surface area (Å²) in [5.41, 5.74) is 0.971. The fourth-order valence-electron chi connectivity index (χ4n) is 2.07. The number of benzene rings is 1. The number of halogens is 2. The molecule has 2 amide bonds. The lowest BCUT2D eigenvalue weighted by Crippen LogP contribution is -2.38. The van der Waals surface area contributed by atoms with E-state index in [1.807, 2.05) is 26.1 Å². The van der Waals surface area contributed by atoms with Gasteiger partial charge in [0.2, 0.25) is 0 Å². The summed E-state index contributed by atoms with van der Waals surface area (Å²) >= 11 is 11.9. The van der Waals surface area contributed by atoms with E-state index in [0.717, 1.165) is 5.56 Å². The summed E-state index contributed by atoms with van der Waals surface area (Å²) < 4.78 is 1.76. The quantitative estimate of drug-likeness (QED) is 0.878. The Bertz CT molecular complexity index is 638. The van der Waals surface area contributed by atoms with Gasteiger partial charge in [-0.3, -0.25) is 0 Å². The molecule has 118 valence electrons. The molecule has 2 aromatic rings. The van der Waals surface area contributed by atoms with Gasteiger partial charge in [-0.05, 0) is 37.1 Å². The van der Waals surface area contributed by atoms with Gasteiger partial charge in [0.1, 0.15) is 6.33 Å². The Labute approximate surface area is 138 Å². The van der Waals surface area contributed by atoms with Crippen molar-refractivity contribution in [2.24, 2.45) is 7.05 Å². The van der Waals surface area contributed by atoms with Crippen LogP contribution in [0.15, 0.2) is 24.5 Å². The summed E-state index contributed by atoms with van der Waals surface area (Å²) in [6, 6.07) is 4.84. The summed E-state index contributed by atoms with van der Waals surface area (Å²) in [6.45, 7) is 2.33. The Morgan fingerprint density at radius 1 is 1.32 bits per heavy atom. The molecule has 0 radical (unpaired) electrons. The third-order valence-corrected chi connectivity index (χ3v) is 3.54. The van der Waals surface area contributed by atoms with E-state index in [1.165, 1.54) is 0 Å². The predicted molar refractivity (Wildman–Crippen MR) is 86.1 cm³/mol. The molecular formula is C14H17Cl2N5O. The zero-order valence-corrected chi connectivity index (χ0v) is 13.8. The first-order chi connectivity index (χ1) is 10.5. The molecule has 2 rings (SSSR count). The van der Waals surface area contributed by atoms with Crippen LogP contribution in [0, 0.1) is 0 Å². The van der Waals surface area contributed by atoms with E-state index in [-0.39, 0.29) is 12.1 Å². The van der Waals surface area contributed by atoms with Crippen LogP contribution < -0.4 is 10.6 Å². The van der Waals surface area contributed by atoms with E-state index in [0.29, 0.717) is 28.8 Å². The number of nitrogens with one attached hydrogen (secondary N) is 2. The maximum absolute atomic E-state index is 11.9. The number of hydrogen-bond donors (Lipinski definition) is 2. The van der Waals surface area contributed by atoms with Gasteiger partial charge in [0.05, 0.1) is 6.04 Å². The highest BCUT2D eigenvalue weighted by Gasteiger charge is 2.13. The number of aryl methyl sites for hydroxylation is 1. The second-order valence-corrected chi connectivity index (χ2v) is 5.82. The second-order valence-electron chi connectivity index (χ2n) is 4.95. The Kier molecular flexibility index (Phi) is 5.63. The third kappa shape index (κ3) is 4.61. The van der Waals surface area contributed by atoms with Gasteiger partial charge in [-0.15, -0.1) is 10.2 Å². The molecule has 0 saturated heterocycles. The Morgan fingerprint density at radius 3 is 2.59 bits per heavy atom. The first-order valence-electron chi connectivity index (χ1n) is 6.79. The summed E-state index contributed by atoms with van der Waals surface area (Å²) in [6.07, 6.45) is 2.24. The molecule has 6 nitrogen and oxygen atoms in total. The number of urea groups is 1. The maximum Gasteiger partial charge on any atom is 0.315 e. The van der Waals surface area contributed by atoms with Crippen LogP contribution in [0.3, 0.4) is 0 Å². The standard InChI is InChI=1S/C14H17Cl2N5O/c1-9(13-20-18-8-21(13)2)19-14(22)17-4-3-10-5-11(15)7-12(16)6-10/h5-9H,3-4H2,1-2H3,(H2,17,19,22)/t9-/m0/s1. The molecule has 2 N–H and O–H groups in total. The van der Waals surface area contributed by atoms with Crippen molar-refractivity contribution in [2.45, 2.75) is 19.4 Å². The minimum absolute atomic E-state index is 0.229. The van der Waals surface area contributed by atoms with Gasteiger partial charge >= 0.3 is 6.03 Å². The van der Waals surface area contributed by atoms with Crippen molar-refractivity contribution in [3.05, 3.63) is 46.0 Å². The molecule has 1 aromatic carbocycles. The zero-order chi connectivity index (χ0) is 16.1.